The maximum absolute atomic E-state index is 12.0. The number of oxazole rings is 1. The molecule has 0 amide bonds. The van der Waals surface area contributed by atoms with Crippen LogP contribution in [0.4, 0.5) is 0 Å². The average molecular weight is 363 g/mol. The molecule has 0 aliphatic carbocycles. The van der Waals surface area contributed by atoms with E-state index in [-0.39, 0.29) is 17.8 Å². The standard InChI is InChI=1S/C23H25NO3/c1-5-26-20(25)15-19-21(16-11-13-18(14-12-16)23(2,3)4)24-22(27-19)17-9-7-6-8-10-17/h6-14H,5,15H2,1-4H3. The molecule has 0 spiro atoms. The quantitative estimate of drug-likeness (QED) is 0.569. The van der Waals surface area contributed by atoms with Gasteiger partial charge in [0.05, 0.1) is 6.61 Å². The largest absolute Gasteiger partial charge is 0.466 e. The van der Waals surface area contributed by atoms with Crippen LogP contribution in [-0.4, -0.2) is 17.6 Å². The second kappa shape index (κ2) is 7.78. The fourth-order valence-electron chi connectivity index (χ4n) is 2.87. The van der Waals surface area contributed by atoms with Crippen molar-refractivity contribution in [3.05, 3.63) is 65.9 Å². The molecule has 0 unspecified atom stereocenters. The van der Waals surface area contributed by atoms with E-state index in [4.69, 9.17) is 9.15 Å². The Morgan fingerprint density at radius 1 is 1.00 bits per heavy atom. The van der Waals surface area contributed by atoms with Gasteiger partial charge in [0, 0.05) is 11.1 Å². The number of ether oxygens (including phenoxy) is 1. The molecule has 140 valence electrons. The monoisotopic (exact) mass is 363 g/mol. The molecule has 0 radical (unpaired) electrons. The highest BCUT2D eigenvalue weighted by Crippen LogP contribution is 2.31. The molecule has 0 aliphatic rings. The number of nitrogens with zero attached hydrogens (tertiary/aromatic N) is 1. The van der Waals surface area contributed by atoms with E-state index >= 15 is 0 Å². The lowest BCUT2D eigenvalue weighted by molar-refractivity contribution is -0.142. The van der Waals surface area contributed by atoms with Gasteiger partial charge in [0.25, 0.3) is 0 Å². The molecular formula is C23H25NO3. The summed E-state index contributed by atoms with van der Waals surface area (Å²) in [4.78, 5) is 16.7. The fraction of sp³-hybridized carbons (Fsp3) is 0.304. The van der Waals surface area contributed by atoms with E-state index in [1.807, 2.05) is 42.5 Å². The SMILES string of the molecule is CCOC(=O)Cc1oc(-c2ccccc2)nc1-c1ccc(C(C)(C)C)cc1. The summed E-state index contributed by atoms with van der Waals surface area (Å²) in [6.45, 7) is 8.67. The summed E-state index contributed by atoms with van der Waals surface area (Å²) in [6.07, 6.45) is 0.0596. The minimum Gasteiger partial charge on any atom is -0.466 e. The average Bonchev–Trinajstić information content (AvgIpc) is 3.06. The molecule has 0 atom stereocenters. The van der Waals surface area contributed by atoms with E-state index in [1.54, 1.807) is 6.92 Å². The Bertz CT molecular complexity index is 903. The summed E-state index contributed by atoms with van der Waals surface area (Å²) < 4.78 is 11.0. The van der Waals surface area contributed by atoms with Crippen molar-refractivity contribution in [2.24, 2.45) is 0 Å². The topological polar surface area (TPSA) is 52.3 Å². The van der Waals surface area contributed by atoms with E-state index in [2.05, 4.69) is 37.9 Å². The molecule has 2 aromatic carbocycles. The zero-order chi connectivity index (χ0) is 19.4. The van der Waals surface area contributed by atoms with Gasteiger partial charge in [-0.05, 0) is 30.0 Å². The van der Waals surface area contributed by atoms with Crippen molar-refractivity contribution in [3.63, 3.8) is 0 Å². The van der Waals surface area contributed by atoms with E-state index in [9.17, 15) is 4.79 Å². The van der Waals surface area contributed by atoms with Crippen molar-refractivity contribution in [3.8, 4) is 22.7 Å². The molecule has 0 saturated heterocycles. The Kier molecular flexibility index (Phi) is 5.45. The van der Waals surface area contributed by atoms with Crippen LogP contribution in [0.3, 0.4) is 0 Å². The Balaban J connectivity index is 2.01. The lowest BCUT2D eigenvalue weighted by Gasteiger charge is -2.19. The minimum absolute atomic E-state index is 0.0596. The molecule has 0 N–H and O–H groups in total. The molecule has 0 fully saturated rings. The number of hydrogen-bond donors (Lipinski definition) is 0. The molecule has 4 nitrogen and oxygen atoms in total. The molecule has 1 aromatic heterocycles. The third kappa shape index (κ3) is 4.45. The van der Waals surface area contributed by atoms with Gasteiger partial charge < -0.3 is 9.15 Å². The fourth-order valence-corrected chi connectivity index (χ4v) is 2.87. The van der Waals surface area contributed by atoms with Crippen molar-refractivity contribution < 1.29 is 13.9 Å². The minimum atomic E-state index is -0.319. The van der Waals surface area contributed by atoms with E-state index < -0.39 is 0 Å². The van der Waals surface area contributed by atoms with Crippen LogP contribution < -0.4 is 0 Å². The Labute approximate surface area is 160 Å². The van der Waals surface area contributed by atoms with Crippen molar-refractivity contribution in [1.82, 2.24) is 4.98 Å². The first-order chi connectivity index (χ1) is 12.9. The van der Waals surface area contributed by atoms with Crippen molar-refractivity contribution in [1.29, 1.82) is 0 Å². The third-order valence-electron chi connectivity index (χ3n) is 4.35. The van der Waals surface area contributed by atoms with E-state index in [1.165, 1.54) is 5.56 Å². The molecule has 4 heteroatoms. The maximum Gasteiger partial charge on any atom is 0.313 e. The van der Waals surface area contributed by atoms with Gasteiger partial charge in [-0.1, -0.05) is 63.2 Å². The zero-order valence-electron chi connectivity index (χ0n) is 16.3. The highest BCUT2D eigenvalue weighted by Gasteiger charge is 2.20. The Morgan fingerprint density at radius 2 is 1.67 bits per heavy atom. The number of hydrogen-bond acceptors (Lipinski definition) is 4. The predicted octanol–water partition coefficient (Wildman–Crippen LogP) is 5.41. The van der Waals surface area contributed by atoms with Crippen LogP contribution in [0, 0.1) is 0 Å². The normalized spacial score (nSPS) is 11.4. The number of rotatable bonds is 5. The van der Waals surface area contributed by atoms with Gasteiger partial charge in [0.15, 0.2) is 0 Å². The number of esters is 1. The summed E-state index contributed by atoms with van der Waals surface area (Å²) in [7, 11) is 0. The number of carbonyl (C=O) groups is 1. The predicted molar refractivity (Wildman–Crippen MR) is 106 cm³/mol. The van der Waals surface area contributed by atoms with E-state index in [0.29, 0.717) is 24.0 Å². The molecule has 0 saturated carbocycles. The summed E-state index contributed by atoms with van der Waals surface area (Å²) in [5.74, 6) is 0.710. The van der Waals surface area contributed by atoms with Gasteiger partial charge in [-0.15, -0.1) is 0 Å². The van der Waals surface area contributed by atoms with Gasteiger partial charge in [0.1, 0.15) is 17.9 Å². The summed E-state index contributed by atoms with van der Waals surface area (Å²) >= 11 is 0. The van der Waals surface area contributed by atoms with Crippen molar-refractivity contribution in [2.75, 3.05) is 6.61 Å². The number of aromatic nitrogens is 1. The molecule has 0 bridgehead atoms. The maximum atomic E-state index is 12.0. The van der Waals surface area contributed by atoms with Gasteiger partial charge in [0.2, 0.25) is 5.89 Å². The highest BCUT2D eigenvalue weighted by molar-refractivity contribution is 5.76. The molecule has 27 heavy (non-hydrogen) atoms. The van der Waals surface area contributed by atoms with Crippen LogP contribution in [0.2, 0.25) is 0 Å². The van der Waals surface area contributed by atoms with Crippen LogP contribution in [0.5, 0.6) is 0 Å². The van der Waals surface area contributed by atoms with Crippen LogP contribution >= 0.6 is 0 Å². The van der Waals surface area contributed by atoms with E-state index in [0.717, 1.165) is 11.1 Å². The smallest absolute Gasteiger partial charge is 0.313 e. The van der Waals surface area contributed by atoms with Crippen molar-refractivity contribution in [2.45, 2.75) is 39.5 Å². The first-order valence-electron chi connectivity index (χ1n) is 9.20. The molecular weight excluding hydrogens is 338 g/mol. The molecule has 0 aliphatic heterocycles. The number of benzene rings is 2. The van der Waals surface area contributed by atoms with Crippen molar-refractivity contribution >= 4 is 5.97 Å². The van der Waals surface area contributed by atoms with Gasteiger partial charge in [-0.25, -0.2) is 4.98 Å². The molecule has 1 heterocycles. The summed E-state index contributed by atoms with van der Waals surface area (Å²) in [5, 5.41) is 0. The van der Waals surface area contributed by atoms with Gasteiger partial charge >= 0.3 is 5.97 Å². The number of carbonyl (C=O) groups excluding carboxylic acids is 1. The van der Waals surface area contributed by atoms with Gasteiger partial charge in [-0.3, -0.25) is 4.79 Å². The second-order valence-electron chi connectivity index (χ2n) is 7.47. The second-order valence-corrected chi connectivity index (χ2v) is 7.47. The lowest BCUT2D eigenvalue weighted by atomic mass is 9.86. The summed E-state index contributed by atoms with van der Waals surface area (Å²) in [6, 6.07) is 17.9. The first-order valence-corrected chi connectivity index (χ1v) is 9.20. The Morgan fingerprint density at radius 3 is 2.26 bits per heavy atom. The van der Waals surface area contributed by atoms with Crippen LogP contribution in [-0.2, 0) is 21.4 Å². The molecule has 3 aromatic rings. The van der Waals surface area contributed by atoms with Crippen LogP contribution in [0.15, 0.2) is 59.0 Å². The zero-order valence-corrected chi connectivity index (χ0v) is 16.3. The summed E-state index contributed by atoms with van der Waals surface area (Å²) in [5.41, 5.74) is 3.80. The van der Waals surface area contributed by atoms with Crippen LogP contribution in [0.1, 0.15) is 39.0 Å². The molecule has 3 rings (SSSR count). The Hall–Kier alpha value is -2.88. The highest BCUT2D eigenvalue weighted by atomic mass is 16.5. The third-order valence-corrected chi connectivity index (χ3v) is 4.35. The lowest BCUT2D eigenvalue weighted by Crippen LogP contribution is -2.10. The first kappa shape index (κ1) is 18.9. The van der Waals surface area contributed by atoms with Crippen LogP contribution in [0.25, 0.3) is 22.7 Å². The van der Waals surface area contributed by atoms with Gasteiger partial charge in [-0.2, -0.15) is 0 Å².